The lowest BCUT2D eigenvalue weighted by Gasteiger charge is -2.13. The standard InChI is InChI=1S/C26H29N3O5S/c1-18-6-4-7-19(2)25(18)29-35(32,33)23-15-11-21(12-16-23)28-24(30)8-5-17-27-26(31)20-9-13-22(34-3)14-10-20/h4,6-7,9-16,29H,5,8,17H2,1-3H3,(H,27,31)(H,28,30). The molecule has 0 aliphatic rings. The molecule has 0 heterocycles. The van der Waals surface area contributed by atoms with E-state index in [1.807, 2.05) is 32.0 Å². The summed E-state index contributed by atoms with van der Waals surface area (Å²) in [7, 11) is -2.21. The fourth-order valence-electron chi connectivity index (χ4n) is 3.40. The van der Waals surface area contributed by atoms with Crippen molar-refractivity contribution in [2.24, 2.45) is 0 Å². The van der Waals surface area contributed by atoms with Gasteiger partial charge in [-0.15, -0.1) is 0 Å². The Labute approximate surface area is 205 Å². The number of anilines is 2. The average molecular weight is 496 g/mol. The van der Waals surface area contributed by atoms with Gasteiger partial charge in [0.15, 0.2) is 0 Å². The summed E-state index contributed by atoms with van der Waals surface area (Å²) in [6.45, 7) is 4.03. The molecule has 2 amide bonds. The molecule has 0 atom stereocenters. The minimum absolute atomic E-state index is 0.0967. The molecule has 3 aromatic rings. The molecule has 0 aliphatic carbocycles. The number of para-hydroxylation sites is 1. The molecule has 0 saturated carbocycles. The largest absolute Gasteiger partial charge is 0.497 e. The summed E-state index contributed by atoms with van der Waals surface area (Å²) in [6, 6.07) is 18.3. The van der Waals surface area contributed by atoms with Crippen LogP contribution in [0.2, 0.25) is 0 Å². The van der Waals surface area contributed by atoms with E-state index in [2.05, 4.69) is 15.4 Å². The third-order valence-corrected chi connectivity index (χ3v) is 6.75. The molecule has 0 bridgehead atoms. The maximum Gasteiger partial charge on any atom is 0.261 e. The van der Waals surface area contributed by atoms with Crippen LogP contribution in [0.5, 0.6) is 5.75 Å². The molecule has 3 rings (SSSR count). The Bertz CT molecular complexity index is 1270. The van der Waals surface area contributed by atoms with Crippen LogP contribution >= 0.6 is 0 Å². The van der Waals surface area contributed by atoms with Crippen LogP contribution in [0.15, 0.2) is 71.6 Å². The number of carbonyl (C=O) groups is 2. The molecule has 35 heavy (non-hydrogen) atoms. The van der Waals surface area contributed by atoms with Crippen LogP contribution in [0.25, 0.3) is 0 Å². The van der Waals surface area contributed by atoms with Crippen LogP contribution in [0.4, 0.5) is 11.4 Å². The number of rotatable bonds is 10. The van der Waals surface area contributed by atoms with Crippen molar-refractivity contribution in [2.75, 3.05) is 23.7 Å². The summed E-state index contributed by atoms with van der Waals surface area (Å²) in [5.41, 5.74) is 3.22. The second-order valence-corrected chi connectivity index (χ2v) is 9.72. The summed E-state index contributed by atoms with van der Waals surface area (Å²) in [5, 5.41) is 5.51. The van der Waals surface area contributed by atoms with Gasteiger partial charge in [0.2, 0.25) is 5.91 Å². The fraction of sp³-hybridized carbons (Fsp3) is 0.231. The molecule has 9 heteroatoms. The zero-order chi connectivity index (χ0) is 25.4. The zero-order valence-corrected chi connectivity index (χ0v) is 20.7. The summed E-state index contributed by atoms with van der Waals surface area (Å²) in [4.78, 5) is 24.5. The average Bonchev–Trinajstić information content (AvgIpc) is 2.84. The lowest BCUT2D eigenvalue weighted by atomic mass is 10.1. The monoisotopic (exact) mass is 495 g/mol. The minimum atomic E-state index is -3.77. The number of sulfonamides is 1. The van der Waals surface area contributed by atoms with Crippen molar-refractivity contribution in [2.45, 2.75) is 31.6 Å². The third kappa shape index (κ3) is 7.07. The predicted octanol–water partition coefficient (Wildman–Crippen LogP) is 4.26. The molecule has 0 fully saturated rings. The summed E-state index contributed by atoms with van der Waals surface area (Å²) in [6.07, 6.45) is 0.664. The summed E-state index contributed by atoms with van der Waals surface area (Å²) >= 11 is 0. The van der Waals surface area contributed by atoms with E-state index in [1.165, 1.54) is 12.1 Å². The number of methoxy groups -OCH3 is 1. The van der Waals surface area contributed by atoms with E-state index in [0.29, 0.717) is 35.7 Å². The Morgan fingerprint density at radius 3 is 2.11 bits per heavy atom. The quantitative estimate of drug-likeness (QED) is 0.364. The first-order chi connectivity index (χ1) is 16.7. The highest BCUT2D eigenvalue weighted by molar-refractivity contribution is 7.92. The topological polar surface area (TPSA) is 114 Å². The molecule has 0 unspecified atom stereocenters. The van der Waals surface area contributed by atoms with Crippen molar-refractivity contribution < 1.29 is 22.7 Å². The summed E-state index contributed by atoms with van der Waals surface area (Å²) in [5.74, 6) is 0.217. The minimum Gasteiger partial charge on any atom is -0.497 e. The molecule has 3 aromatic carbocycles. The van der Waals surface area contributed by atoms with E-state index >= 15 is 0 Å². The molecule has 0 saturated heterocycles. The Morgan fingerprint density at radius 2 is 1.51 bits per heavy atom. The normalized spacial score (nSPS) is 10.9. The second-order valence-electron chi connectivity index (χ2n) is 8.03. The Hall–Kier alpha value is -3.85. The van der Waals surface area contributed by atoms with Crippen molar-refractivity contribution in [1.29, 1.82) is 0 Å². The molecule has 0 radical (unpaired) electrons. The smallest absolute Gasteiger partial charge is 0.261 e. The summed E-state index contributed by atoms with van der Waals surface area (Å²) < 4.78 is 33.2. The van der Waals surface area contributed by atoms with Crippen molar-refractivity contribution in [3.05, 3.63) is 83.4 Å². The molecular formula is C26H29N3O5S. The van der Waals surface area contributed by atoms with Gasteiger partial charge in [-0.2, -0.15) is 0 Å². The van der Waals surface area contributed by atoms with Crippen molar-refractivity contribution in [1.82, 2.24) is 5.32 Å². The predicted molar refractivity (Wildman–Crippen MR) is 136 cm³/mol. The zero-order valence-electron chi connectivity index (χ0n) is 19.9. The number of aryl methyl sites for hydroxylation is 2. The first-order valence-corrected chi connectivity index (χ1v) is 12.6. The van der Waals surface area contributed by atoms with Gasteiger partial charge < -0.3 is 15.4 Å². The van der Waals surface area contributed by atoms with Gasteiger partial charge in [0.05, 0.1) is 17.7 Å². The number of hydrogen-bond acceptors (Lipinski definition) is 5. The number of benzene rings is 3. The van der Waals surface area contributed by atoms with Crippen molar-refractivity contribution >= 4 is 33.2 Å². The van der Waals surface area contributed by atoms with Gasteiger partial charge in [-0.25, -0.2) is 8.42 Å². The van der Waals surface area contributed by atoms with Gasteiger partial charge in [0, 0.05) is 24.2 Å². The highest BCUT2D eigenvalue weighted by Gasteiger charge is 2.16. The van der Waals surface area contributed by atoms with E-state index in [4.69, 9.17) is 4.74 Å². The first-order valence-electron chi connectivity index (χ1n) is 11.1. The number of hydrogen-bond donors (Lipinski definition) is 3. The van der Waals surface area contributed by atoms with Crippen molar-refractivity contribution in [3.8, 4) is 5.75 Å². The highest BCUT2D eigenvalue weighted by Crippen LogP contribution is 2.24. The van der Waals surface area contributed by atoms with E-state index in [-0.39, 0.29) is 23.1 Å². The number of ether oxygens (including phenoxy) is 1. The number of nitrogens with one attached hydrogen (secondary N) is 3. The maximum absolute atomic E-state index is 12.8. The SMILES string of the molecule is COc1ccc(C(=O)NCCCC(=O)Nc2ccc(S(=O)(=O)Nc3c(C)cccc3C)cc2)cc1. The van der Waals surface area contributed by atoms with Gasteiger partial charge in [-0.05, 0) is 79.9 Å². The Kier molecular flexibility index (Phi) is 8.48. The molecule has 184 valence electrons. The van der Waals surface area contributed by atoms with Crippen LogP contribution in [0.1, 0.15) is 34.3 Å². The van der Waals surface area contributed by atoms with Crippen LogP contribution in [-0.4, -0.2) is 33.9 Å². The molecular weight excluding hydrogens is 466 g/mol. The maximum atomic E-state index is 12.8. The lowest BCUT2D eigenvalue weighted by molar-refractivity contribution is -0.116. The van der Waals surface area contributed by atoms with E-state index in [0.717, 1.165) is 11.1 Å². The van der Waals surface area contributed by atoms with Gasteiger partial charge in [0.1, 0.15) is 5.75 Å². The van der Waals surface area contributed by atoms with Gasteiger partial charge in [0.25, 0.3) is 15.9 Å². The lowest BCUT2D eigenvalue weighted by Crippen LogP contribution is -2.25. The second kappa shape index (κ2) is 11.5. The molecule has 0 spiro atoms. The fourth-order valence-corrected chi connectivity index (χ4v) is 4.61. The van der Waals surface area contributed by atoms with Crippen molar-refractivity contribution in [3.63, 3.8) is 0 Å². The van der Waals surface area contributed by atoms with Gasteiger partial charge in [-0.3, -0.25) is 14.3 Å². The Morgan fingerprint density at radius 1 is 0.886 bits per heavy atom. The number of amides is 2. The van der Waals surface area contributed by atoms with E-state index in [1.54, 1.807) is 43.5 Å². The van der Waals surface area contributed by atoms with Gasteiger partial charge >= 0.3 is 0 Å². The Balaban J connectivity index is 1.47. The van der Waals surface area contributed by atoms with Crippen LogP contribution in [0.3, 0.4) is 0 Å². The highest BCUT2D eigenvalue weighted by atomic mass is 32.2. The van der Waals surface area contributed by atoms with Crippen LogP contribution in [0, 0.1) is 13.8 Å². The molecule has 0 aliphatic heterocycles. The number of carbonyl (C=O) groups excluding carboxylic acids is 2. The van der Waals surface area contributed by atoms with E-state index < -0.39 is 10.0 Å². The van der Waals surface area contributed by atoms with Gasteiger partial charge in [-0.1, -0.05) is 18.2 Å². The van der Waals surface area contributed by atoms with E-state index in [9.17, 15) is 18.0 Å². The molecule has 3 N–H and O–H groups in total. The van der Waals surface area contributed by atoms with Crippen LogP contribution < -0.4 is 20.1 Å². The first kappa shape index (κ1) is 25.8. The van der Waals surface area contributed by atoms with Crippen LogP contribution in [-0.2, 0) is 14.8 Å². The molecule has 8 nitrogen and oxygen atoms in total. The third-order valence-electron chi connectivity index (χ3n) is 5.38. The molecule has 0 aromatic heterocycles.